The van der Waals surface area contributed by atoms with Gasteiger partial charge in [0.15, 0.2) is 0 Å². The van der Waals surface area contributed by atoms with Crippen molar-refractivity contribution < 1.29 is 0 Å². The van der Waals surface area contributed by atoms with Crippen LogP contribution in [0.3, 0.4) is 0 Å². The van der Waals surface area contributed by atoms with Gasteiger partial charge >= 0.3 is 0 Å². The minimum absolute atomic E-state index is 0.500. The summed E-state index contributed by atoms with van der Waals surface area (Å²) in [6.45, 7) is 6.48. The standard InChI is InChI=1S/C12H17N3S/c1-4-9(5-2)15-12-11-10(13-7-14-12)8(3)6-16-11/h6-7,9H,4-5H2,1-3H3,(H,13,14,15). The Hall–Kier alpha value is -1.16. The minimum Gasteiger partial charge on any atom is -0.366 e. The van der Waals surface area contributed by atoms with Crippen molar-refractivity contribution in [3.8, 4) is 0 Å². The van der Waals surface area contributed by atoms with E-state index in [0.29, 0.717) is 6.04 Å². The van der Waals surface area contributed by atoms with Crippen molar-refractivity contribution in [3.63, 3.8) is 0 Å². The van der Waals surface area contributed by atoms with Crippen LogP contribution in [0.4, 0.5) is 5.82 Å². The summed E-state index contributed by atoms with van der Waals surface area (Å²) in [5.74, 6) is 0.983. The molecular formula is C12H17N3S. The van der Waals surface area contributed by atoms with Crippen molar-refractivity contribution in [3.05, 3.63) is 17.3 Å². The molecule has 1 N–H and O–H groups in total. The molecule has 0 amide bonds. The summed E-state index contributed by atoms with van der Waals surface area (Å²) in [5.41, 5.74) is 2.31. The zero-order chi connectivity index (χ0) is 11.5. The summed E-state index contributed by atoms with van der Waals surface area (Å²) in [6.07, 6.45) is 3.88. The Morgan fingerprint density at radius 1 is 1.31 bits per heavy atom. The van der Waals surface area contributed by atoms with Crippen molar-refractivity contribution in [1.29, 1.82) is 0 Å². The van der Waals surface area contributed by atoms with Crippen molar-refractivity contribution in [1.82, 2.24) is 9.97 Å². The largest absolute Gasteiger partial charge is 0.366 e. The van der Waals surface area contributed by atoms with E-state index >= 15 is 0 Å². The highest BCUT2D eigenvalue weighted by Crippen LogP contribution is 2.29. The molecule has 4 heteroatoms. The van der Waals surface area contributed by atoms with Crippen LogP contribution in [-0.2, 0) is 0 Å². The molecule has 0 fully saturated rings. The van der Waals surface area contributed by atoms with Crippen LogP contribution in [-0.4, -0.2) is 16.0 Å². The number of aryl methyl sites for hydroxylation is 1. The van der Waals surface area contributed by atoms with E-state index in [1.54, 1.807) is 17.7 Å². The van der Waals surface area contributed by atoms with E-state index in [0.717, 1.165) is 24.2 Å². The van der Waals surface area contributed by atoms with Gasteiger partial charge in [-0.05, 0) is 30.7 Å². The van der Waals surface area contributed by atoms with E-state index in [1.807, 2.05) is 0 Å². The highest BCUT2D eigenvalue weighted by atomic mass is 32.1. The van der Waals surface area contributed by atoms with E-state index in [1.165, 1.54) is 10.3 Å². The van der Waals surface area contributed by atoms with Crippen molar-refractivity contribution in [2.75, 3.05) is 5.32 Å². The average molecular weight is 235 g/mol. The molecule has 0 atom stereocenters. The van der Waals surface area contributed by atoms with Crippen LogP contribution in [0.2, 0.25) is 0 Å². The van der Waals surface area contributed by atoms with Gasteiger partial charge in [-0.15, -0.1) is 11.3 Å². The molecule has 0 bridgehead atoms. The third-order valence-electron chi connectivity index (χ3n) is 2.86. The van der Waals surface area contributed by atoms with E-state index in [4.69, 9.17) is 0 Å². The van der Waals surface area contributed by atoms with Crippen molar-refractivity contribution >= 4 is 27.4 Å². The summed E-state index contributed by atoms with van der Waals surface area (Å²) >= 11 is 1.72. The number of aromatic nitrogens is 2. The smallest absolute Gasteiger partial charge is 0.147 e. The molecule has 0 unspecified atom stereocenters. The summed E-state index contributed by atoms with van der Waals surface area (Å²) in [7, 11) is 0. The second-order valence-electron chi connectivity index (χ2n) is 3.98. The molecule has 0 radical (unpaired) electrons. The Bertz CT molecular complexity index is 474. The fraction of sp³-hybridized carbons (Fsp3) is 0.500. The lowest BCUT2D eigenvalue weighted by atomic mass is 10.2. The first-order valence-electron chi connectivity index (χ1n) is 5.71. The van der Waals surface area contributed by atoms with Crippen LogP contribution in [0.1, 0.15) is 32.3 Å². The Morgan fingerprint density at radius 2 is 2.06 bits per heavy atom. The van der Waals surface area contributed by atoms with Crippen molar-refractivity contribution in [2.45, 2.75) is 39.7 Å². The molecule has 2 aromatic rings. The van der Waals surface area contributed by atoms with Gasteiger partial charge in [0.05, 0.1) is 10.2 Å². The minimum atomic E-state index is 0.500. The zero-order valence-electron chi connectivity index (χ0n) is 9.95. The first kappa shape index (κ1) is 11.3. The zero-order valence-corrected chi connectivity index (χ0v) is 10.8. The van der Waals surface area contributed by atoms with Gasteiger partial charge < -0.3 is 5.32 Å². The predicted molar refractivity (Wildman–Crippen MR) is 70.1 cm³/mol. The van der Waals surface area contributed by atoms with Crippen LogP contribution in [0.25, 0.3) is 10.2 Å². The number of hydrogen-bond acceptors (Lipinski definition) is 4. The number of nitrogens with one attached hydrogen (secondary N) is 1. The molecule has 3 nitrogen and oxygen atoms in total. The molecule has 2 rings (SSSR count). The number of rotatable bonds is 4. The SMILES string of the molecule is CCC(CC)Nc1ncnc2c(C)csc12. The lowest BCUT2D eigenvalue weighted by Crippen LogP contribution is -2.17. The Balaban J connectivity index is 2.37. The normalized spacial score (nSPS) is 11.2. The summed E-state index contributed by atoms with van der Waals surface area (Å²) in [6, 6.07) is 0.500. The molecule has 0 saturated heterocycles. The number of fused-ring (bicyclic) bond motifs is 1. The van der Waals surface area contributed by atoms with Gasteiger partial charge in [-0.25, -0.2) is 9.97 Å². The third kappa shape index (κ3) is 2.02. The Labute approximate surface area is 99.9 Å². The molecule has 0 aliphatic rings. The molecule has 0 aliphatic heterocycles. The van der Waals surface area contributed by atoms with Gasteiger partial charge in [-0.2, -0.15) is 0 Å². The second kappa shape index (κ2) is 4.78. The Kier molecular flexibility index (Phi) is 3.39. The molecular weight excluding hydrogens is 218 g/mol. The fourth-order valence-corrected chi connectivity index (χ4v) is 2.71. The molecule has 0 saturated carbocycles. The highest BCUT2D eigenvalue weighted by molar-refractivity contribution is 7.18. The maximum atomic E-state index is 4.34. The number of anilines is 1. The first-order valence-corrected chi connectivity index (χ1v) is 6.59. The predicted octanol–water partition coefficient (Wildman–Crippen LogP) is 3.60. The maximum Gasteiger partial charge on any atom is 0.147 e. The molecule has 16 heavy (non-hydrogen) atoms. The quantitative estimate of drug-likeness (QED) is 0.879. The van der Waals surface area contributed by atoms with Crippen molar-refractivity contribution in [2.24, 2.45) is 0 Å². The van der Waals surface area contributed by atoms with Gasteiger partial charge in [0, 0.05) is 6.04 Å². The van der Waals surface area contributed by atoms with Crippen LogP contribution >= 0.6 is 11.3 Å². The topological polar surface area (TPSA) is 37.8 Å². The summed E-state index contributed by atoms with van der Waals surface area (Å²) in [4.78, 5) is 8.66. The van der Waals surface area contributed by atoms with E-state index in [-0.39, 0.29) is 0 Å². The van der Waals surface area contributed by atoms with E-state index in [9.17, 15) is 0 Å². The van der Waals surface area contributed by atoms with Crippen LogP contribution in [0, 0.1) is 6.92 Å². The fourth-order valence-electron chi connectivity index (χ4n) is 1.76. The van der Waals surface area contributed by atoms with Crippen LogP contribution in [0.15, 0.2) is 11.7 Å². The van der Waals surface area contributed by atoms with E-state index < -0.39 is 0 Å². The summed E-state index contributed by atoms with van der Waals surface area (Å²) < 4.78 is 1.17. The van der Waals surface area contributed by atoms with Crippen LogP contribution < -0.4 is 5.32 Å². The molecule has 0 aromatic carbocycles. The second-order valence-corrected chi connectivity index (χ2v) is 4.86. The molecule has 86 valence electrons. The van der Waals surface area contributed by atoms with Gasteiger partial charge in [0.1, 0.15) is 12.1 Å². The van der Waals surface area contributed by atoms with Gasteiger partial charge in [0.2, 0.25) is 0 Å². The van der Waals surface area contributed by atoms with Gasteiger partial charge in [-0.3, -0.25) is 0 Å². The van der Waals surface area contributed by atoms with Gasteiger partial charge in [-0.1, -0.05) is 13.8 Å². The number of nitrogens with zero attached hydrogens (tertiary/aromatic N) is 2. The number of thiophene rings is 1. The first-order chi connectivity index (χ1) is 7.76. The van der Waals surface area contributed by atoms with Gasteiger partial charge in [0.25, 0.3) is 0 Å². The average Bonchev–Trinajstić information content (AvgIpc) is 2.69. The maximum absolute atomic E-state index is 4.34. The molecule has 0 spiro atoms. The molecule has 0 aliphatic carbocycles. The Morgan fingerprint density at radius 3 is 2.75 bits per heavy atom. The monoisotopic (exact) mass is 235 g/mol. The summed E-state index contributed by atoms with van der Waals surface area (Å²) in [5, 5.41) is 5.63. The molecule has 2 heterocycles. The third-order valence-corrected chi connectivity index (χ3v) is 3.95. The molecule has 2 aromatic heterocycles. The van der Waals surface area contributed by atoms with Crippen LogP contribution in [0.5, 0.6) is 0 Å². The highest BCUT2D eigenvalue weighted by Gasteiger charge is 2.10. The number of hydrogen-bond donors (Lipinski definition) is 1. The lowest BCUT2D eigenvalue weighted by molar-refractivity contribution is 0.669. The lowest BCUT2D eigenvalue weighted by Gasteiger charge is -2.15. The van der Waals surface area contributed by atoms with E-state index in [2.05, 4.69) is 41.4 Å².